The molecular weight excluding hydrogens is 236 g/mol. The summed E-state index contributed by atoms with van der Waals surface area (Å²) >= 11 is 0. The van der Waals surface area contributed by atoms with Crippen LogP contribution in [0.1, 0.15) is 44.3 Å². The lowest BCUT2D eigenvalue weighted by Crippen LogP contribution is -2.30. The van der Waals surface area contributed by atoms with Gasteiger partial charge in [-0.3, -0.25) is 4.90 Å². The van der Waals surface area contributed by atoms with E-state index >= 15 is 0 Å². The molecule has 4 nitrogen and oxygen atoms in total. The van der Waals surface area contributed by atoms with Crippen LogP contribution in [0.5, 0.6) is 0 Å². The minimum atomic E-state index is 0.281. The number of nitrogens with zero attached hydrogens (tertiary/aromatic N) is 3. The average molecular weight is 260 g/mol. The zero-order valence-electron chi connectivity index (χ0n) is 11.8. The molecule has 0 spiro atoms. The first-order valence-electron chi connectivity index (χ1n) is 7.73. The molecule has 4 heteroatoms. The molecule has 0 radical (unpaired) electrons. The summed E-state index contributed by atoms with van der Waals surface area (Å²) in [6, 6.07) is 1.55. The van der Waals surface area contributed by atoms with E-state index in [9.17, 15) is 0 Å². The van der Waals surface area contributed by atoms with Crippen LogP contribution in [-0.4, -0.2) is 46.7 Å². The topological polar surface area (TPSA) is 33.1 Å². The van der Waals surface area contributed by atoms with Gasteiger partial charge >= 0.3 is 0 Å². The highest BCUT2D eigenvalue weighted by molar-refractivity contribution is 5.18. The second-order valence-corrected chi connectivity index (χ2v) is 6.84. The van der Waals surface area contributed by atoms with Crippen LogP contribution in [0.3, 0.4) is 0 Å². The van der Waals surface area contributed by atoms with Gasteiger partial charge in [0.1, 0.15) is 0 Å². The van der Waals surface area contributed by atoms with Gasteiger partial charge in [0.05, 0.1) is 6.33 Å². The van der Waals surface area contributed by atoms with Gasteiger partial charge in [0.15, 0.2) is 0 Å². The summed E-state index contributed by atoms with van der Waals surface area (Å²) in [6.45, 7) is 7.13. The molecule has 2 unspecified atom stereocenters. The second-order valence-electron chi connectivity index (χ2n) is 6.84. The van der Waals surface area contributed by atoms with E-state index in [4.69, 9.17) is 0 Å². The van der Waals surface area contributed by atoms with Crippen LogP contribution < -0.4 is 5.32 Å². The van der Waals surface area contributed by atoms with Crippen LogP contribution in [0.4, 0.5) is 0 Å². The van der Waals surface area contributed by atoms with Gasteiger partial charge in [-0.05, 0) is 32.2 Å². The van der Waals surface area contributed by atoms with Crippen LogP contribution in [0, 0.1) is 0 Å². The second kappa shape index (κ2) is 4.32. The zero-order valence-corrected chi connectivity index (χ0v) is 11.8. The van der Waals surface area contributed by atoms with Crippen molar-refractivity contribution in [3.8, 4) is 0 Å². The summed E-state index contributed by atoms with van der Waals surface area (Å²) in [5.74, 6) is 0. The predicted octanol–water partition coefficient (Wildman–Crippen LogP) is 1.54. The monoisotopic (exact) mass is 260 g/mol. The fourth-order valence-electron chi connectivity index (χ4n) is 3.87. The van der Waals surface area contributed by atoms with E-state index in [-0.39, 0.29) is 5.41 Å². The molecule has 2 saturated heterocycles. The third-order valence-corrected chi connectivity index (χ3v) is 5.30. The smallest absolute Gasteiger partial charge is 0.0951 e. The van der Waals surface area contributed by atoms with E-state index in [1.54, 1.807) is 0 Å². The first-order chi connectivity index (χ1) is 9.26. The van der Waals surface area contributed by atoms with Gasteiger partial charge in [0.2, 0.25) is 0 Å². The molecule has 3 heterocycles. The average Bonchev–Trinajstić information content (AvgIpc) is 2.88. The predicted molar refractivity (Wildman–Crippen MR) is 75.3 cm³/mol. The minimum absolute atomic E-state index is 0.281. The number of likely N-dealkylation sites (tertiary alicyclic amines) is 1. The van der Waals surface area contributed by atoms with E-state index < -0.39 is 0 Å². The fraction of sp³-hybridized carbons (Fsp3) is 0.800. The molecule has 1 aromatic rings. The van der Waals surface area contributed by atoms with Crippen molar-refractivity contribution in [3.63, 3.8) is 0 Å². The van der Waals surface area contributed by atoms with Gasteiger partial charge in [-0.1, -0.05) is 6.92 Å². The highest BCUT2D eigenvalue weighted by Crippen LogP contribution is 2.36. The lowest BCUT2D eigenvalue weighted by atomic mass is 9.86. The summed E-state index contributed by atoms with van der Waals surface area (Å²) in [4.78, 5) is 7.14. The highest BCUT2D eigenvalue weighted by atomic mass is 15.3. The third kappa shape index (κ3) is 2.01. The van der Waals surface area contributed by atoms with Crippen molar-refractivity contribution in [2.45, 2.75) is 50.1 Å². The van der Waals surface area contributed by atoms with Crippen molar-refractivity contribution in [1.29, 1.82) is 0 Å². The van der Waals surface area contributed by atoms with Gasteiger partial charge in [-0.2, -0.15) is 0 Å². The maximum absolute atomic E-state index is 4.46. The molecule has 104 valence electrons. The maximum Gasteiger partial charge on any atom is 0.0951 e. The van der Waals surface area contributed by atoms with E-state index in [1.165, 1.54) is 44.5 Å². The van der Waals surface area contributed by atoms with Crippen LogP contribution in [0.15, 0.2) is 12.5 Å². The van der Waals surface area contributed by atoms with Crippen molar-refractivity contribution in [3.05, 3.63) is 18.2 Å². The van der Waals surface area contributed by atoms with Crippen molar-refractivity contribution in [2.75, 3.05) is 26.2 Å². The summed E-state index contributed by atoms with van der Waals surface area (Å²) in [5.41, 5.74) is 1.73. The molecule has 1 N–H and O–H groups in total. The summed E-state index contributed by atoms with van der Waals surface area (Å²) < 4.78 is 2.48. The molecule has 1 saturated carbocycles. The zero-order chi connectivity index (χ0) is 12.9. The molecular formula is C15H24N4. The molecule has 0 aromatic carbocycles. The van der Waals surface area contributed by atoms with E-state index in [1.807, 2.05) is 0 Å². The normalized spacial score (nSPS) is 36.2. The Kier molecular flexibility index (Phi) is 2.71. The Morgan fingerprint density at radius 1 is 1.32 bits per heavy atom. The molecule has 4 rings (SSSR count). The standard InChI is InChI=1S/C15H24N4/c1-15(5-6-16-10-15)14-8-17-11-19(14)13-4-7-18(9-13)12-2-3-12/h8,11-13,16H,2-7,9-10H2,1H3. The van der Waals surface area contributed by atoms with E-state index in [2.05, 4.69) is 39.2 Å². The first-order valence-corrected chi connectivity index (χ1v) is 7.73. The minimum Gasteiger partial charge on any atom is -0.330 e. The Balaban J connectivity index is 1.57. The Morgan fingerprint density at radius 3 is 2.95 bits per heavy atom. The molecule has 2 atom stereocenters. The van der Waals surface area contributed by atoms with Crippen molar-refractivity contribution >= 4 is 0 Å². The Bertz CT molecular complexity index is 456. The van der Waals surface area contributed by atoms with Gasteiger partial charge in [0.25, 0.3) is 0 Å². The molecule has 0 amide bonds. The molecule has 2 aliphatic heterocycles. The number of hydrogen-bond donors (Lipinski definition) is 1. The number of imidazole rings is 1. The summed E-state index contributed by atoms with van der Waals surface area (Å²) in [5, 5.41) is 3.50. The van der Waals surface area contributed by atoms with Crippen LogP contribution in [-0.2, 0) is 5.41 Å². The lowest BCUT2D eigenvalue weighted by Gasteiger charge is -2.27. The Morgan fingerprint density at radius 2 is 2.21 bits per heavy atom. The van der Waals surface area contributed by atoms with E-state index in [0.29, 0.717) is 6.04 Å². The van der Waals surface area contributed by atoms with Crippen LogP contribution in [0.25, 0.3) is 0 Å². The quantitative estimate of drug-likeness (QED) is 0.895. The van der Waals surface area contributed by atoms with Crippen molar-refractivity contribution < 1.29 is 0 Å². The lowest BCUT2D eigenvalue weighted by molar-refractivity contribution is 0.310. The van der Waals surface area contributed by atoms with Crippen LogP contribution in [0.2, 0.25) is 0 Å². The summed E-state index contributed by atoms with van der Waals surface area (Å²) in [7, 11) is 0. The highest BCUT2D eigenvalue weighted by Gasteiger charge is 2.38. The number of hydrogen-bond acceptors (Lipinski definition) is 3. The van der Waals surface area contributed by atoms with Crippen molar-refractivity contribution in [2.24, 2.45) is 0 Å². The molecule has 3 fully saturated rings. The van der Waals surface area contributed by atoms with Crippen LogP contribution >= 0.6 is 0 Å². The van der Waals surface area contributed by atoms with Gasteiger partial charge in [0, 0.05) is 49.0 Å². The number of nitrogens with one attached hydrogen (secondary N) is 1. The molecule has 3 aliphatic rings. The van der Waals surface area contributed by atoms with E-state index in [0.717, 1.165) is 19.1 Å². The van der Waals surface area contributed by atoms with Gasteiger partial charge in [-0.15, -0.1) is 0 Å². The largest absolute Gasteiger partial charge is 0.330 e. The molecule has 1 aliphatic carbocycles. The third-order valence-electron chi connectivity index (χ3n) is 5.30. The number of rotatable bonds is 3. The Hall–Kier alpha value is -0.870. The van der Waals surface area contributed by atoms with Crippen molar-refractivity contribution in [1.82, 2.24) is 19.8 Å². The fourth-order valence-corrected chi connectivity index (χ4v) is 3.87. The maximum atomic E-state index is 4.46. The number of aromatic nitrogens is 2. The molecule has 0 bridgehead atoms. The summed E-state index contributed by atoms with van der Waals surface area (Å²) in [6.07, 6.45) is 9.55. The van der Waals surface area contributed by atoms with Gasteiger partial charge in [-0.25, -0.2) is 4.98 Å². The SMILES string of the molecule is CC1(c2cncn2C2CCN(C3CC3)C2)CCNC1. The van der Waals surface area contributed by atoms with Gasteiger partial charge < -0.3 is 9.88 Å². The Labute approximate surface area is 115 Å². The molecule has 1 aromatic heterocycles. The molecule has 19 heavy (non-hydrogen) atoms. The first kappa shape index (κ1) is 11.9.